The van der Waals surface area contributed by atoms with Crippen LogP contribution in [-0.2, 0) is 11.3 Å². The molecular weight excluding hydrogens is 422 g/mol. The van der Waals surface area contributed by atoms with Gasteiger partial charge in [-0.1, -0.05) is 60.1 Å². The Kier molecular flexibility index (Phi) is 6.88. The van der Waals surface area contributed by atoms with Crippen molar-refractivity contribution in [2.24, 2.45) is 5.10 Å². The first-order chi connectivity index (χ1) is 15.5. The summed E-state index contributed by atoms with van der Waals surface area (Å²) in [5.74, 6) is 0.724. The van der Waals surface area contributed by atoms with E-state index in [0.717, 1.165) is 28.2 Å². The number of hydrogen-bond donors (Lipinski definition) is 0. The lowest BCUT2D eigenvalue weighted by Gasteiger charge is -2.25. The number of rotatable bonds is 7. The number of benzene rings is 3. The SMILES string of the molecule is COc1ccc(C2=NN(C(=O)CN(C)Cc3ccccc3)C(c3ccccc3Cl)C2)cc1. The number of carbonyl (C=O) groups is 1. The summed E-state index contributed by atoms with van der Waals surface area (Å²) >= 11 is 6.50. The third kappa shape index (κ3) is 5.01. The van der Waals surface area contributed by atoms with Crippen LogP contribution < -0.4 is 4.74 Å². The van der Waals surface area contributed by atoms with Crippen LogP contribution in [0.3, 0.4) is 0 Å². The van der Waals surface area contributed by atoms with Crippen LogP contribution in [0, 0.1) is 0 Å². The Balaban J connectivity index is 1.57. The van der Waals surface area contributed by atoms with Crippen LogP contribution in [0.15, 0.2) is 84.0 Å². The maximum absolute atomic E-state index is 13.3. The first-order valence-corrected chi connectivity index (χ1v) is 10.9. The average molecular weight is 448 g/mol. The van der Waals surface area contributed by atoms with Gasteiger partial charge in [0.2, 0.25) is 0 Å². The molecule has 1 aliphatic rings. The third-order valence-corrected chi connectivity index (χ3v) is 5.90. The minimum absolute atomic E-state index is 0.0585. The summed E-state index contributed by atoms with van der Waals surface area (Å²) in [6, 6.07) is 25.3. The number of amides is 1. The smallest absolute Gasteiger partial charge is 0.257 e. The molecule has 5 nitrogen and oxygen atoms in total. The zero-order chi connectivity index (χ0) is 22.5. The molecule has 0 aliphatic carbocycles. The number of nitrogens with zero attached hydrogens (tertiary/aromatic N) is 3. The molecule has 0 spiro atoms. The second-order valence-electron chi connectivity index (χ2n) is 7.91. The number of hydrogen-bond acceptors (Lipinski definition) is 4. The predicted octanol–water partition coefficient (Wildman–Crippen LogP) is 5.16. The molecule has 0 saturated heterocycles. The maximum Gasteiger partial charge on any atom is 0.257 e. The largest absolute Gasteiger partial charge is 0.497 e. The van der Waals surface area contributed by atoms with Crippen molar-refractivity contribution < 1.29 is 9.53 Å². The fourth-order valence-electron chi connectivity index (χ4n) is 3.94. The van der Waals surface area contributed by atoms with Crippen LogP contribution in [0.25, 0.3) is 0 Å². The summed E-state index contributed by atoms with van der Waals surface area (Å²) in [7, 11) is 3.58. The molecule has 1 unspecified atom stereocenters. The molecule has 0 N–H and O–H groups in total. The molecule has 32 heavy (non-hydrogen) atoms. The van der Waals surface area contributed by atoms with Crippen molar-refractivity contribution in [1.82, 2.24) is 9.91 Å². The van der Waals surface area contributed by atoms with Crippen LogP contribution in [0.1, 0.15) is 29.2 Å². The van der Waals surface area contributed by atoms with Crippen LogP contribution >= 0.6 is 11.6 Å². The van der Waals surface area contributed by atoms with Gasteiger partial charge in [-0.15, -0.1) is 0 Å². The van der Waals surface area contributed by atoms with Crippen molar-refractivity contribution in [3.63, 3.8) is 0 Å². The summed E-state index contributed by atoms with van der Waals surface area (Å²) < 4.78 is 5.26. The Labute approximate surface area is 193 Å². The van der Waals surface area contributed by atoms with Crippen LogP contribution in [0.5, 0.6) is 5.75 Å². The lowest BCUT2D eigenvalue weighted by molar-refractivity contribution is -0.134. The number of likely N-dealkylation sites (N-methyl/N-ethyl adjacent to an activating group) is 1. The van der Waals surface area contributed by atoms with E-state index >= 15 is 0 Å². The summed E-state index contributed by atoms with van der Waals surface area (Å²) in [6.45, 7) is 0.946. The molecule has 3 aromatic rings. The van der Waals surface area contributed by atoms with E-state index in [-0.39, 0.29) is 18.5 Å². The first kappa shape index (κ1) is 22.1. The molecule has 3 aromatic carbocycles. The zero-order valence-corrected chi connectivity index (χ0v) is 19.0. The molecule has 1 amide bonds. The normalized spacial score (nSPS) is 15.7. The van der Waals surface area contributed by atoms with E-state index in [4.69, 9.17) is 21.4 Å². The maximum atomic E-state index is 13.3. The molecular formula is C26H26ClN3O2. The highest BCUT2D eigenvalue weighted by atomic mass is 35.5. The Morgan fingerprint density at radius 3 is 2.44 bits per heavy atom. The van der Waals surface area contributed by atoms with Crippen molar-refractivity contribution >= 4 is 23.2 Å². The fourth-order valence-corrected chi connectivity index (χ4v) is 4.20. The van der Waals surface area contributed by atoms with E-state index in [2.05, 4.69) is 12.1 Å². The number of halogens is 1. The van der Waals surface area contributed by atoms with Gasteiger partial charge in [0.15, 0.2) is 0 Å². The van der Waals surface area contributed by atoms with Gasteiger partial charge in [0.25, 0.3) is 5.91 Å². The van der Waals surface area contributed by atoms with Gasteiger partial charge in [0.05, 0.1) is 25.4 Å². The summed E-state index contributed by atoms with van der Waals surface area (Å²) in [6.07, 6.45) is 0.601. The second-order valence-corrected chi connectivity index (χ2v) is 8.32. The third-order valence-electron chi connectivity index (χ3n) is 5.55. The van der Waals surface area contributed by atoms with Crippen molar-refractivity contribution in [1.29, 1.82) is 0 Å². The zero-order valence-electron chi connectivity index (χ0n) is 18.2. The standard InChI is InChI=1S/C26H26ClN3O2/c1-29(17-19-8-4-3-5-9-19)18-26(31)30-25(22-10-6-7-11-23(22)27)16-24(28-30)20-12-14-21(32-2)15-13-20/h3-15,25H,16-18H2,1-2H3. The van der Waals surface area contributed by atoms with Gasteiger partial charge in [-0.2, -0.15) is 5.10 Å². The molecule has 1 heterocycles. The number of hydrazone groups is 1. The highest BCUT2D eigenvalue weighted by Crippen LogP contribution is 2.36. The van der Waals surface area contributed by atoms with Crippen LogP contribution in [-0.4, -0.2) is 42.2 Å². The predicted molar refractivity (Wildman–Crippen MR) is 128 cm³/mol. The number of carbonyl (C=O) groups excluding carboxylic acids is 1. The van der Waals surface area contributed by atoms with Gasteiger partial charge in [0, 0.05) is 18.0 Å². The van der Waals surface area contributed by atoms with E-state index < -0.39 is 0 Å². The molecule has 1 atom stereocenters. The van der Waals surface area contributed by atoms with Crippen LogP contribution in [0.2, 0.25) is 5.02 Å². The molecule has 1 aliphatic heterocycles. The molecule has 4 rings (SSSR count). The number of ether oxygens (including phenoxy) is 1. The van der Waals surface area contributed by atoms with Crippen LogP contribution in [0.4, 0.5) is 0 Å². The van der Waals surface area contributed by atoms with Gasteiger partial charge in [-0.05, 0) is 54.1 Å². The Morgan fingerprint density at radius 2 is 1.75 bits per heavy atom. The van der Waals surface area contributed by atoms with E-state index in [1.165, 1.54) is 0 Å². The topological polar surface area (TPSA) is 45.1 Å². The lowest BCUT2D eigenvalue weighted by Crippen LogP contribution is -2.36. The van der Waals surface area contributed by atoms with Crippen molar-refractivity contribution in [2.45, 2.75) is 19.0 Å². The van der Waals surface area contributed by atoms with Gasteiger partial charge in [-0.25, -0.2) is 5.01 Å². The Hall–Kier alpha value is -3.15. The van der Waals surface area contributed by atoms with E-state index in [0.29, 0.717) is 18.0 Å². The minimum Gasteiger partial charge on any atom is -0.497 e. The van der Waals surface area contributed by atoms with Gasteiger partial charge in [-0.3, -0.25) is 9.69 Å². The van der Waals surface area contributed by atoms with Crippen molar-refractivity contribution in [3.8, 4) is 5.75 Å². The molecule has 0 saturated carbocycles. The van der Waals surface area contributed by atoms with E-state index in [9.17, 15) is 4.79 Å². The molecule has 0 fully saturated rings. The minimum atomic E-state index is -0.238. The molecule has 0 bridgehead atoms. The monoisotopic (exact) mass is 447 g/mol. The van der Waals surface area contributed by atoms with Crippen molar-refractivity contribution in [3.05, 3.63) is 101 Å². The molecule has 0 radical (unpaired) electrons. The highest BCUT2D eigenvalue weighted by molar-refractivity contribution is 6.31. The van der Waals surface area contributed by atoms with Gasteiger partial charge < -0.3 is 4.74 Å². The summed E-state index contributed by atoms with van der Waals surface area (Å²) in [4.78, 5) is 15.3. The Morgan fingerprint density at radius 1 is 1.06 bits per heavy atom. The van der Waals surface area contributed by atoms with Crippen molar-refractivity contribution in [2.75, 3.05) is 20.7 Å². The average Bonchev–Trinajstić information content (AvgIpc) is 3.25. The summed E-state index contributed by atoms with van der Waals surface area (Å²) in [5, 5.41) is 6.98. The second kappa shape index (κ2) is 9.98. The first-order valence-electron chi connectivity index (χ1n) is 10.6. The molecule has 164 valence electrons. The summed E-state index contributed by atoms with van der Waals surface area (Å²) in [5.41, 5.74) is 3.89. The highest BCUT2D eigenvalue weighted by Gasteiger charge is 2.34. The molecule has 0 aromatic heterocycles. The fraction of sp³-hybridized carbons (Fsp3) is 0.231. The molecule has 6 heteroatoms. The lowest BCUT2D eigenvalue weighted by atomic mass is 9.98. The Bertz CT molecular complexity index is 1100. The number of methoxy groups -OCH3 is 1. The quantitative estimate of drug-likeness (QED) is 0.502. The van der Waals surface area contributed by atoms with Gasteiger partial charge >= 0.3 is 0 Å². The van der Waals surface area contributed by atoms with E-state index in [1.54, 1.807) is 12.1 Å². The van der Waals surface area contributed by atoms with Gasteiger partial charge in [0.1, 0.15) is 5.75 Å². The van der Waals surface area contributed by atoms with E-state index in [1.807, 2.05) is 78.7 Å².